The highest BCUT2D eigenvalue weighted by Gasteiger charge is 2.20. The van der Waals surface area contributed by atoms with Crippen LogP contribution in [0.25, 0.3) is 0 Å². The molecule has 0 saturated heterocycles. The van der Waals surface area contributed by atoms with Crippen molar-refractivity contribution in [1.29, 1.82) is 0 Å². The first-order valence-corrected chi connectivity index (χ1v) is 51.5. The van der Waals surface area contributed by atoms with Crippen LogP contribution in [0.2, 0.25) is 0 Å². The molecule has 0 spiro atoms. The second-order valence-corrected chi connectivity index (χ2v) is 44.1. The lowest BCUT2D eigenvalue weighted by atomic mass is 9.86. The summed E-state index contributed by atoms with van der Waals surface area (Å²) in [6.45, 7) is 60.5. The zero-order valence-corrected chi connectivity index (χ0v) is 89.2. The molecule has 0 heterocycles. The lowest BCUT2D eigenvalue weighted by Gasteiger charge is -2.20. The van der Waals surface area contributed by atoms with Crippen molar-refractivity contribution >= 4 is 0 Å². The smallest absolute Gasteiger partial charge is 0.203 e. The first kappa shape index (κ1) is 122. The highest BCUT2D eigenvalue weighted by Crippen LogP contribution is 2.39. The van der Waals surface area contributed by atoms with E-state index >= 15 is 0 Å². The van der Waals surface area contributed by atoms with Gasteiger partial charge in [0, 0.05) is 0 Å². The average Bonchev–Trinajstić information content (AvgIpc) is 0.838. The van der Waals surface area contributed by atoms with Crippen LogP contribution in [0.1, 0.15) is 444 Å². The quantitative estimate of drug-likeness (QED) is 0.0347. The standard InChI is InChI=1S/3C25H52.C17H21NO2.C15H17NO2.C10H14O4/c3*1-21(2)13-9-14-22(3)15-10-16-23(4)17-11-18-24(5)19-12-20-25(6,7)8;1-4-18-17(13-5-9-15(19-2)10-6-13)14-7-11-16(20-3)12-8-14;1-17-13-7-3-11(4-8-13)15(16)12-5-9-14(18-2)10-6-12;1-12-8-4-7(6-11)5-9(13-2)10(8)14-3/h3*21-24H,9-20H2,1-8H3;5-12,17-18H,4H2,1-3H3;3-10,15H,16H2,1-2H3;4-5,11H,6H2,1-3H3. The van der Waals surface area contributed by atoms with Gasteiger partial charge in [0.2, 0.25) is 5.75 Å². The van der Waals surface area contributed by atoms with Gasteiger partial charge in [0.25, 0.3) is 0 Å². The molecular formula is C117H208N2O8. The Kier molecular flexibility index (Phi) is 69.1. The minimum atomic E-state index is -0.137. The van der Waals surface area contributed by atoms with E-state index in [0.29, 0.717) is 33.5 Å². The predicted molar refractivity (Wildman–Crippen MR) is 557 cm³/mol. The molecule has 9 atom stereocenters. The van der Waals surface area contributed by atoms with Crippen LogP contribution >= 0.6 is 0 Å². The van der Waals surface area contributed by atoms with Crippen molar-refractivity contribution in [2.75, 3.05) is 56.3 Å². The van der Waals surface area contributed by atoms with Gasteiger partial charge in [0.05, 0.1) is 68.5 Å². The number of nitrogens with two attached hydrogens (primary N) is 1. The van der Waals surface area contributed by atoms with Crippen LogP contribution in [-0.4, -0.2) is 61.4 Å². The van der Waals surface area contributed by atoms with Crippen molar-refractivity contribution in [1.82, 2.24) is 5.32 Å². The Morgan fingerprint density at radius 2 is 0.472 bits per heavy atom. The van der Waals surface area contributed by atoms with E-state index in [9.17, 15) is 0 Å². The van der Waals surface area contributed by atoms with Crippen LogP contribution in [-0.2, 0) is 6.61 Å². The van der Waals surface area contributed by atoms with Crippen molar-refractivity contribution < 1.29 is 38.3 Å². The topological polar surface area (TPSA) is 123 Å². The summed E-state index contributed by atoms with van der Waals surface area (Å²) in [5.74, 6) is 16.1. The second-order valence-electron chi connectivity index (χ2n) is 44.1. The molecule has 0 aliphatic heterocycles. The first-order chi connectivity index (χ1) is 60.1. The number of nitrogens with one attached hydrogen (secondary N) is 1. The predicted octanol–water partition coefficient (Wildman–Crippen LogP) is 35.2. The summed E-state index contributed by atoms with van der Waals surface area (Å²) in [7, 11) is 11.3. The number of benzene rings is 5. The first-order valence-electron chi connectivity index (χ1n) is 51.5. The third kappa shape index (κ3) is 65.8. The van der Waals surface area contributed by atoms with Gasteiger partial charge in [-0.1, -0.05) is 434 Å². The fraction of sp³-hybridized carbons (Fsp3) is 0.744. The normalized spacial score (nSPS) is 13.8. The fourth-order valence-corrected chi connectivity index (χ4v) is 17.0. The highest BCUT2D eigenvalue weighted by atomic mass is 16.5. The molecule has 0 amide bonds. The molecule has 9 unspecified atom stereocenters. The van der Waals surface area contributed by atoms with E-state index in [2.05, 4.69) is 203 Å². The molecule has 5 aromatic rings. The summed E-state index contributed by atoms with van der Waals surface area (Å²) < 4.78 is 36.0. The summed E-state index contributed by atoms with van der Waals surface area (Å²) in [5.41, 5.74) is 13.0. The zero-order valence-electron chi connectivity index (χ0n) is 89.2. The van der Waals surface area contributed by atoms with Crippen LogP contribution in [0, 0.1) is 87.3 Å². The third-order valence-corrected chi connectivity index (χ3v) is 25.8. The molecule has 5 rings (SSSR count). The fourth-order valence-electron chi connectivity index (χ4n) is 17.0. The van der Waals surface area contributed by atoms with E-state index in [1.807, 2.05) is 72.8 Å². The van der Waals surface area contributed by atoms with Crippen LogP contribution in [0.4, 0.5) is 0 Å². The summed E-state index contributed by atoms with van der Waals surface area (Å²) in [6, 6.07) is 35.4. The highest BCUT2D eigenvalue weighted by molar-refractivity contribution is 5.53. The van der Waals surface area contributed by atoms with E-state index in [4.69, 9.17) is 44.0 Å². The monoisotopic (exact) mass is 1770 g/mol. The molecule has 5 aromatic carbocycles. The van der Waals surface area contributed by atoms with E-state index < -0.39 is 0 Å². The number of aliphatic hydroxyl groups is 1. The molecule has 10 heteroatoms. The summed E-state index contributed by atoms with van der Waals surface area (Å²) in [6.07, 6.45) is 51.6. The van der Waals surface area contributed by atoms with Crippen molar-refractivity contribution in [3.8, 4) is 40.2 Å². The lowest BCUT2D eigenvalue weighted by Crippen LogP contribution is -2.21. The molecule has 127 heavy (non-hydrogen) atoms. The van der Waals surface area contributed by atoms with Gasteiger partial charge in [-0.3, -0.25) is 0 Å². The summed E-state index contributed by atoms with van der Waals surface area (Å²) in [5, 5.41) is 12.5. The SMILES string of the molecule is CC(C)CCCC(C)CCCC(C)CCCC(C)CCCC(C)(C)C.CC(C)CCCC(C)CCCC(C)CCCC(C)CCCC(C)(C)C.CC(C)CCCC(C)CCCC(C)CCCC(C)CCCC(C)(C)C.CCNC(c1ccc(OC)cc1)c1ccc(OC)cc1.COc1cc(CO)cc(OC)c1OC.COc1ccc(C(N)c2ccc(OC)cc2)cc1. The van der Waals surface area contributed by atoms with Crippen LogP contribution < -0.4 is 44.2 Å². The van der Waals surface area contributed by atoms with Gasteiger partial charge >= 0.3 is 0 Å². The Bertz CT molecular complexity index is 3040. The van der Waals surface area contributed by atoms with Crippen molar-refractivity contribution in [2.24, 2.45) is 93.0 Å². The van der Waals surface area contributed by atoms with Crippen molar-refractivity contribution in [3.63, 3.8) is 0 Å². The number of hydrogen-bond donors (Lipinski definition) is 3. The molecule has 0 aromatic heterocycles. The molecular weight excluding hydrogens is 1560 g/mol. The third-order valence-electron chi connectivity index (χ3n) is 25.8. The van der Waals surface area contributed by atoms with Crippen molar-refractivity contribution in [2.45, 2.75) is 423 Å². The van der Waals surface area contributed by atoms with Gasteiger partial charge in [0.1, 0.15) is 23.0 Å². The number of aliphatic hydroxyl groups excluding tert-OH is 1. The second kappa shape index (κ2) is 72.2. The maximum absolute atomic E-state index is 8.99. The Balaban J connectivity index is 0.00000151. The molecule has 0 fully saturated rings. The minimum absolute atomic E-state index is 0.0588. The lowest BCUT2D eigenvalue weighted by molar-refractivity contribution is 0.277. The van der Waals surface area contributed by atoms with Gasteiger partial charge in [0.15, 0.2) is 11.5 Å². The number of methoxy groups -OCH3 is 7. The molecule has 0 radical (unpaired) electrons. The number of rotatable bonds is 59. The average molecular weight is 1770 g/mol. The Morgan fingerprint density at radius 3 is 0.638 bits per heavy atom. The molecule has 4 N–H and O–H groups in total. The van der Waals surface area contributed by atoms with Gasteiger partial charge in [-0.25, -0.2) is 0 Å². The molecule has 10 nitrogen and oxygen atoms in total. The van der Waals surface area contributed by atoms with E-state index in [-0.39, 0.29) is 18.7 Å². The van der Waals surface area contributed by atoms with E-state index in [0.717, 1.165) is 117 Å². The Hall–Kier alpha value is -5.42. The maximum atomic E-state index is 8.99. The van der Waals surface area contributed by atoms with Gasteiger partial charge in [-0.2, -0.15) is 0 Å². The minimum Gasteiger partial charge on any atom is -0.497 e. The van der Waals surface area contributed by atoms with Crippen LogP contribution in [0.15, 0.2) is 109 Å². The largest absolute Gasteiger partial charge is 0.497 e. The summed E-state index contributed by atoms with van der Waals surface area (Å²) >= 11 is 0. The van der Waals surface area contributed by atoms with Crippen molar-refractivity contribution in [3.05, 3.63) is 137 Å². The Labute approximate surface area is 788 Å². The zero-order chi connectivity index (χ0) is 95.8. The van der Waals surface area contributed by atoms with Gasteiger partial charge in [-0.15, -0.1) is 0 Å². The maximum Gasteiger partial charge on any atom is 0.203 e. The van der Waals surface area contributed by atoms with Crippen LogP contribution in [0.3, 0.4) is 0 Å². The Morgan fingerprint density at radius 1 is 0.276 bits per heavy atom. The number of hydrogen-bond acceptors (Lipinski definition) is 10. The van der Waals surface area contributed by atoms with E-state index in [1.54, 1.807) is 61.9 Å². The van der Waals surface area contributed by atoms with E-state index in [1.165, 1.54) is 242 Å². The molecule has 0 aliphatic carbocycles. The number of ether oxygens (including phenoxy) is 7. The van der Waals surface area contributed by atoms with Gasteiger partial charge < -0.3 is 49.3 Å². The molecule has 0 aliphatic rings. The summed E-state index contributed by atoms with van der Waals surface area (Å²) in [4.78, 5) is 0. The van der Waals surface area contributed by atoms with Gasteiger partial charge in [-0.05, 0) is 202 Å². The molecule has 0 bridgehead atoms. The van der Waals surface area contributed by atoms with Crippen LogP contribution in [0.5, 0.6) is 40.2 Å². The molecule has 0 saturated carbocycles. The molecule has 734 valence electrons.